The number of ether oxygens (including phenoxy) is 1. The number of nitrogens with zero attached hydrogens (tertiary/aromatic N) is 1. The second-order valence-electron chi connectivity index (χ2n) is 4.60. The summed E-state index contributed by atoms with van der Waals surface area (Å²) < 4.78 is 16.7. The van der Waals surface area contributed by atoms with E-state index in [1.54, 1.807) is 0 Å². The topological polar surface area (TPSA) is 40.0 Å². The smallest absolute Gasteiger partial charge is 0.445 e. The number of aliphatic imine (C=N–C) groups is 1. The van der Waals surface area contributed by atoms with Crippen molar-refractivity contribution < 1.29 is 14.0 Å². The van der Waals surface area contributed by atoms with Crippen LogP contribution in [0.3, 0.4) is 0 Å². The van der Waals surface area contributed by atoms with Crippen molar-refractivity contribution in [2.75, 3.05) is 0 Å². The molecule has 0 aliphatic carbocycles. The number of hydrogen-bond acceptors (Lipinski definition) is 4. The molecule has 1 saturated heterocycles. The maximum absolute atomic E-state index is 5.78. The van der Waals surface area contributed by atoms with Crippen molar-refractivity contribution in [3.63, 3.8) is 0 Å². The standard InChI is InChI=1S/C10H14BNO3/c1-9(2)10(3,4)15-11(14-9)8-5-6-12-7-13-8/h6-7H,1-4H3. The normalized spacial score (nSPS) is 26.4. The summed E-state index contributed by atoms with van der Waals surface area (Å²) >= 11 is 0. The van der Waals surface area contributed by atoms with Gasteiger partial charge in [0.2, 0.25) is 0 Å². The molecule has 2 aliphatic heterocycles. The SMILES string of the molecule is CC1(C)OB(C2=C=CN=CO2)OC1(C)C. The van der Waals surface area contributed by atoms with Gasteiger partial charge in [-0.25, -0.2) is 4.99 Å². The van der Waals surface area contributed by atoms with Crippen molar-refractivity contribution >= 4 is 13.5 Å². The van der Waals surface area contributed by atoms with Crippen molar-refractivity contribution in [1.82, 2.24) is 0 Å². The molecule has 0 aromatic carbocycles. The van der Waals surface area contributed by atoms with Crippen molar-refractivity contribution in [3.8, 4) is 0 Å². The lowest BCUT2D eigenvalue weighted by Crippen LogP contribution is -2.41. The molecule has 0 aromatic rings. The van der Waals surface area contributed by atoms with Crippen LogP contribution in [-0.4, -0.2) is 24.7 Å². The summed E-state index contributed by atoms with van der Waals surface area (Å²) in [5, 5.41) is 0. The predicted molar refractivity (Wildman–Crippen MR) is 57.3 cm³/mol. The molecule has 0 unspecified atom stereocenters. The molecule has 0 radical (unpaired) electrons. The minimum Gasteiger partial charge on any atom is -0.445 e. The van der Waals surface area contributed by atoms with Crippen LogP contribution in [0.4, 0.5) is 0 Å². The summed E-state index contributed by atoms with van der Waals surface area (Å²) in [7, 11) is -0.502. The highest BCUT2D eigenvalue weighted by Gasteiger charge is 2.53. The second-order valence-corrected chi connectivity index (χ2v) is 4.60. The average Bonchev–Trinajstić information content (AvgIpc) is 2.38. The maximum atomic E-state index is 5.78. The lowest BCUT2D eigenvalue weighted by molar-refractivity contribution is 0.00578. The molecule has 2 heterocycles. The highest BCUT2D eigenvalue weighted by atomic mass is 16.7. The Balaban J connectivity index is 2.20. The van der Waals surface area contributed by atoms with Crippen molar-refractivity contribution in [2.45, 2.75) is 38.9 Å². The van der Waals surface area contributed by atoms with E-state index in [0.717, 1.165) is 0 Å². The third kappa shape index (κ3) is 1.74. The van der Waals surface area contributed by atoms with Crippen LogP contribution in [0.5, 0.6) is 0 Å². The molecule has 2 aliphatic rings. The molecule has 4 nitrogen and oxygen atoms in total. The van der Waals surface area contributed by atoms with E-state index in [1.165, 1.54) is 12.6 Å². The van der Waals surface area contributed by atoms with Crippen molar-refractivity contribution in [1.29, 1.82) is 0 Å². The van der Waals surface area contributed by atoms with Gasteiger partial charge in [0, 0.05) is 0 Å². The number of rotatable bonds is 1. The fourth-order valence-electron chi connectivity index (χ4n) is 1.33. The molecule has 0 spiro atoms. The largest absolute Gasteiger partial charge is 0.541 e. The Kier molecular flexibility index (Phi) is 2.26. The van der Waals surface area contributed by atoms with E-state index in [4.69, 9.17) is 14.0 Å². The van der Waals surface area contributed by atoms with Crippen molar-refractivity contribution in [2.24, 2.45) is 4.99 Å². The molecule has 0 aromatic heterocycles. The minimum atomic E-state index is -0.502. The monoisotopic (exact) mass is 207 g/mol. The number of hydrogen-bond donors (Lipinski definition) is 0. The first-order chi connectivity index (χ1) is 6.92. The Morgan fingerprint density at radius 3 is 2.27 bits per heavy atom. The lowest BCUT2D eigenvalue weighted by Gasteiger charge is -2.32. The van der Waals surface area contributed by atoms with E-state index in [2.05, 4.69) is 10.7 Å². The first kappa shape index (κ1) is 10.5. The molecule has 0 saturated carbocycles. The Bertz CT molecular complexity index is 351. The molecule has 5 heteroatoms. The Labute approximate surface area is 89.8 Å². The van der Waals surface area contributed by atoms with Gasteiger partial charge < -0.3 is 14.0 Å². The third-order valence-electron chi connectivity index (χ3n) is 2.99. The van der Waals surface area contributed by atoms with Gasteiger partial charge in [-0.2, -0.15) is 0 Å². The Morgan fingerprint density at radius 2 is 1.80 bits per heavy atom. The van der Waals surface area contributed by atoms with E-state index in [9.17, 15) is 0 Å². The van der Waals surface area contributed by atoms with Crippen LogP contribution in [-0.2, 0) is 14.0 Å². The molecule has 0 atom stereocenters. The summed E-state index contributed by atoms with van der Waals surface area (Å²) in [5.74, 6) is 0. The van der Waals surface area contributed by atoms with Crippen LogP contribution in [0.1, 0.15) is 27.7 Å². The molecule has 1 fully saturated rings. The van der Waals surface area contributed by atoms with E-state index < -0.39 is 7.12 Å². The van der Waals surface area contributed by atoms with E-state index in [0.29, 0.717) is 5.66 Å². The Morgan fingerprint density at radius 1 is 1.20 bits per heavy atom. The van der Waals surface area contributed by atoms with Gasteiger partial charge in [-0.3, -0.25) is 0 Å². The van der Waals surface area contributed by atoms with E-state index >= 15 is 0 Å². The zero-order valence-corrected chi connectivity index (χ0v) is 9.40. The van der Waals surface area contributed by atoms with Crippen LogP contribution in [0.2, 0.25) is 0 Å². The average molecular weight is 207 g/mol. The fraction of sp³-hybridized carbons (Fsp3) is 0.600. The molecular formula is C10H14BNO3. The van der Waals surface area contributed by atoms with Gasteiger partial charge in [0.25, 0.3) is 0 Å². The van der Waals surface area contributed by atoms with Crippen LogP contribution in [0, 0.1) is 0 Å². The molecule has 0 bridgehead atoms. The lowest BCUT2D eigenvalue weighted by atomic mass is 9.87. The zero-order valence-electron chi connectivity index (χ0n) is 9.40. The van der Waals surface area contributed by atoms with Gasteiger partial charge in [-0.05, 0) is 27.7 Å². The van der Waals surface area contributed by atoms with Gasteiger partial charge in [0.15, 0.2) is 12.1 Å². The Hall–Kier alpha value is -1.03. The molecule has 0 amide bonds. The van der Waals surface area contributed by atoms with Gasteiger partial charge in [0.1, 0.15) is 0 Å². The van der Waals surface area contributed by atoms with Gasteiger partial charge >= 0.3 is 7.12 Å². The van der Waals surface area contributed by atoms with Gasteiger partial charge in [-0.15, -0.1) is 0 Å². The summed E-state index contributed by atoms with van der Waals surface area (Å²) in [4.78, 5) is 3.76. The molecule has 2 rings (SSSR count). The van der Waals surface area contributed by atoms with Gasteiger partial charge in [0.05, 0.1) is 17.4 Å². The summed E-state index contributed by atoms with van der Waals surface area (Å²) in [5.41, 5.74) is 2.66. The second kappa shape index (κ2) is 3.24. The molecule has 80 valence electrons. The molecular weight excluding hydrogens is 193 g/mol. The molecule has 15 heavy (non-hydrogen) atoms. The minimum absolute atomic E-state index is 0.357. The third-order valence-corrected chi connectivity index (χ3v) is 2.99. The van der Waals surface area contributed by atoms with E-state index in [-0.39, 0.29) is 11.2 Å². The molecule has 0 N–H and O–H groups in total. The summed E-state index contributed by atoms with van der Waals surface area (Å²) in [6, 6.07) is 0. The first-order valence-electron chi connectivity index (χ1n) is 4.91. The first-order valence-corrected chi connectivity index (χ1v) is 4.91. The van der Waals surface area contributed by atoms with Crippen molar-refractivity contribution in [3.05, 3.63) is 17.6 Å². The van der Waals surface area contributed by atoms with Crippen LogP contribution in [0.15, 0.2) is 22.6 Å². The maximum Gasteiger partial charge on any atom is 0.541 e. The predicted octanol–water partition coefficient (Wildman–Crippen LogP) is 1.67. The van der Waals surface area contributed by atoms with E-state index in [1.807, 2.05) is 27.7 Å². The van der Waals surface area contributed by atoms with Crippen LogP contribution in [0.25, 0.3) is 0 Å². The summed E-state index contributed by atoms with van der Waals surface area (Å²) in [6.45, 7) is 7.98. The highest BCUT2D eigenvalue weighted by molar-refractivity contribution is 6.54. The van der Waals surface area contributed by atoms with Crippen LogP contribution < -0.4 is 0 Å². The summed E-state index contributed by atoms with van der Waals surface area (Å²) in [6.07, 6.45) is 2.88. The van der Waals surface area contributed by atoms with Gasteiger partial charge in [-0.1, -0.05) is 5.73 Å². The fourth-order valence-corrected chi connectivity index (χ4v) is 1.33. The quantitative estimate of drug-likeness (QED) is 0.485. The van der Waals surface area contributed by atoms with Crippen LogP contribution >= 0.6 is 0 Å². The highest BCUT2D eigenvalue weighted by Crippen LogP contribution is 2.38. The zero-order chi connectivity index (χ0) is 11.1.